The zero-order valence-electron chi connectivity index (χ0n) is 18.3. The SMILES string of the molecule is CCCCCc1ccccc1OC(=O)Oc1cccc(CCCC)c1CCCC. The zero-order valence-corrected chi connectivity index (χ0v) is 18.3. The van der Waals surface area contributed by atoms with Gasteiger partial charge in [-0.15, -0.1) is 0 Å². The molecule has 0 aliphatic heterocycles. The van der Waals surface area contributed by atoms with Crippen molar-refractivity contribution in [1.29, 1.82) is 0 Å². The zero-order chi connectivity index (χ0) is 20.9. The minimum Gasteiger partial charge on any atom is -0.394 e. The van der Waals surface area contributed by atoms with E-state index in [1.165, 1.54) is 18.4 Å². The number of rotatable bonds is 12. The Morgan fingerprint density at radius 2 is 1.24 bits per heavy atom. The normalized spacial score (nSPS) is 10.7. The fourth-order valence-electron chi connectivity index (χ4n) is 3.52. The van der Waals surface area contributed by atoms with Crippen LogP contribution in [-0.2, 0) is 19.3 Å². The first-order valence-electron chi connectivity index (χ1n) is 11.3. The van der Waals surface area contributed by atoms with Crippen molar-refractivity contribution < 1.29 is 14.3 Å². The van der Waals surface area contributed by atoms with Gasteiger partial charge in [-0.2, -0.15) is 0 Å². The summed E-state index contributed by atoms with van der Waals surface area (Å²) in [7, 11) is 0. The molecular formula is C26H36O3. The molecule has 3 nitrogen and oxygen atoms in total. The van der Waals surface area contributed by atoms with Crippen LogP contribution in [0.2, 0.25) is 0 Å². The van der Waals surface area contributed by atoms with Crippen LogP contribution in [0.15, 0.2) is 42.5 Å². The molecule has 0 aromatic heterocycles. The molecule has 0 saturated carbocycles. The monoisotopic (exact) mass is 396 g/mol. The maximum Gasteiger partial charge on any atom is 0.519 e. The fourth-order valence-corrected chi connectivity index (χ4v) is 3.52. The van der Waals surface area contributed by atoms with Gasteiger partial charge in [-0.05, 0) is 67.3 Å². The summed E-state index contributed by atoms with van der Waals surface area (Å²) in [6.45, 7) is 6.56. The maximum atomic E-state index is 12.6. The molecule has 0 bridgehead atoms. The van der Waals surface area contributed by atoms with Gasteiger partial charge in [0.2, 0.25) is 0 Å². The van der Waals surface area contributed by atoms with E-state index in [0.717, 1.165) is 62.5 Å². The van der Waals surface area contributed by atoms with Crippen molar-refractivity contribution >= 4 is 6.16 Å². The molecular weight excluding hydrogens is 360 g/mol. The second-order valence-electron chi connectivity index (χ2n) is 7.62. The Bertz CT molecular complexity index is 751. The molecule has 0 atom stereocenters. The minimum absolute atomic E-state index is 0.603. The molecule has 0 N–H and O–H groups in total. The summed E-state index contributed by atoms with van der Waals surface area (Å²) in [5, 5.41) is 0. The molecule has 2 aromatic carbocycles. The lowest BCUT2D eigenvalue weighted by atomic mass is 9.97. The Hall–Kier alpha value is -2.29. The van der Waals surface area contributed by atoms with Crippen molar-refractivity contribution in [2.75, 3.05) is 0 Å². The molecule has 158 valence electrons. The van der Waals surface area contributed by atoms with Crippen molar-refractivity contribution in [2.24, 2.45) is 0 Å². The average molecular weight is 397 g/mol. The van der Waals surface area contributed by atoms with Crippen molar-refractivity contribution in [2.45, 2.75) is 85.0 Å². The van der Waals surface area contributed by atoms with E-state index >= 15 is 0 Å². The summed E-state index contributed by atoms with van der Waals surface area (Å²) < 4.78 is 11.3. The predicted octanol–water partition coefficient (Wildman–Crippen LogP) is 7.68. The van der Waals surface area contributed by atoms with Crippen LogP contribution in [0, 0.1) is 0 Å². The van der Waals surface area contributed by atoms with Gasteiger partial charge in [0.05, 0.1) is 0 Å². The topological polar surface area (TPSA) is 35.5 Å². The number of carbonyl (C=O) groups is 1. The van der Waals surface area contributed by atoms with Crippen molar-refractivity contribution in [3.63, 3.8) is 0 Å². The van der Waals surface area contributed by atoms with Gasteiger partial charge in [0.1, 0.15) is 11.5 Å². The van der Waals surface area contributed by atoms with Gasteiger partial charge < -0.3 is 9.47 Å². The summed E-state index contributed by atoms with van der Waals surface area (Å²) in [4.78, 5) is 12.6. The van der Waals surface area contributed by atoms with Gasteiger partial charge >= 0.3 is 6.16 Å². The summed E-state index contributed by atoms with van der Waals surface area (Å²) in [5.74, 6) is 1.24. The molecule has 0 unspecified atom stereocenters. The van der Waals surface area contributed by atoms with E-state index in [1.54, 1.807) is 0 Å². The summed E-state index contributed by atoms with van der Waals surface area (Å²) >= 11 is 0. The quantitative estimate of drug-likeness (QED) is 0.210. The van der Waals surface area contributed by atoms with Crippen LogP contribution in [0.25, 0.3) is 0 Å². The van der Waals surface area contributed by atoms with Crippen LogP contribution in [-0.4, -0.2) is 6.16 Å². The number of benzene rings is 2. The Balaban J connectivity index is 2.12. The molecule has 0 saturated heterocycles. The van der Waals surface area contributed by atoms with Crippen LogP contribution in [0.1, 0.15) is 82.4 Å². The van der Waals surface area contributed by atoms with Crippen LogP contribution < -0.4 is 9.47 Å². The molecule has 29 heavy (non-hydrogen) atoms. The number of ether oxygens (including phenoxy) is 2. The van der Waals surface area contributed by atoms with Gasteiger partial charge in [0, 0.05) is 0 Å². The summed E-state index contributed by atoms with van der Waals surface area (Å²) in [6, 6.07) is 13.8. The van der Waals surface area contributed by atoms with E-state index in [9.17, 15) is 4.79 Å². The molecule has 2 rings (SSSR count). The largest absolute Gasteiger partial charge is 0.519 e. The summed E-state index contributed by atoms with van der Waals surface area (Å²) in [6.07, 6.45) is 10.1. The van der Waals surface area contributed by atoms with Gasteiger partial charge in [-0.1, -0.05) is 76.8 Å². The van der Waals surface area contributed by atoms with Crippen molar-refractivity contribution in [3.05, 3.63) is 59.2 Å². The highest BCUT2D eigenvalue weighted by molar-refractivity contribution is 5.68. The van der Waals surface area contributed by atoms with E-state index in [4.69, 9.17) is 9.47 Å². The van der Waals surface area contributed by atoms with Crippen LogP contribution in [0.3, 0.4) is 0 Å². The molecule has 0 amide bonds. The van der Waals surface area contributed by atoms with Crippen LogP contribution in [0.5, 0.6) is 11.5 Å². The summed E-state index contributed by atoms with van der Waals surface area (Å²) in [5.41, 5.74) is 3.49. The van der Waals surface area contributed by atoms with Gasteiger partial charge in [0.15, 0.2) is 0 Å². The van der Waals surface area contributed by atoms with Gasteiger partial charge in [-0.3, -0.25) is 0 Å². The second-order valence-corrected chi connectivity index (χ2v) is 7.62. The van der Waals surface area contributed by atoms with E-state index in [-0.39, 0.29) is 0 Å². The Kier molecular flexibility index (Phi) is 10.3. The first kappa shape index (κ1) is 23.0. The van der Waals surface area contributed by atoms with E-state index in [0.29, 0.717) is 11.5 Å². The number of unbranched alkanes of at least 4 members (excludes halogenated alkanes) is 4. The smallest absolute Gasteiger partial charge is 0.394 e. The molecule has 3 heteroatoms. The Morgan fingerprint density at radius 3 is 2.00 bits per heavy atom. The van der Waals surface area contributed by atoms with Crippen LogP contribution in [0.4, 0.5) is 4.79 Å². The van der Waals surface area contributed by atoms with E-state index in [1.807, 2.05) is 36.4 Å². The highest BCUT2D eigenvalue weighted by Gasteiger charge is 2.15. The highest BCUT2D eigenvalue weighted by Crippen LogP contribution is 2.27. The lowest BCUT2D eigenvalue weighted by Crippen LogP contribution is -2.16. The van der Waals surface area contributed by atoms with Crippen LogP contribution >= 0.6 is 0 Å². The lowest BCUT2D eigenvalue weighted by molar-refractivity contribution is 0.151. The maximum absolute atomic E-state index is 12.6. The minimum atomic E-state index is -0.654. The van der Waals surface area contributed by atoms with E-state index in [2.05, 4.69) is 26.8 Å². The molecule has 0 fully saturated rings. The molecule has 0 aliphatic rings. The number of carbonyl (C=O) groups excluding carboxylic acids is 1. The van der Waals surface area contributed by atoms with Crippen molar-refractivity contribution in [1.82, 2.24) is 0 Å². The number of hydrogen-bond acceptors (Lipinski definition) is 3. The molecule has 0 heterocycles. The third kappa shape index (κ3) is 7.56. The van der Waals surface area contributed by atoms with E-state index < -0.39 is 6.16 Å². The first-order chi connectivity index (χ1) is 14.2. The fraction of sp³-hybridized carbons (Fsp3) is 0.500. The number of aryl methyl sites for hydroxylation is 2. The molecule has 0 radical (unpaired) electrons. The number of para-hydroxylation sites is 1. The Morgan fingerprint density at radius 1 is 0.655 bits per heavy atom. The highest BCUT2D eigenvalue weighted by atomic mass is 16.7. The predicted molar refractivity (Wildman–Crippen MR) is 120 cm³/mol. The standard InChI is InChI=1S/C26H36O3/c1-4-7-10-15-22-16-11-12-19-24(22)28-26(27)29-25-20-13-17-21(14-8-5-2)23(25)18-9-6-3/h11-13,16-17,19-20H,4-10,14-15,18H2,1-3H3. The van der Waals surface area contributed by atoms with Gasteiger partial charge in [-0.25, -0.2) is 4.79 Å². The first-order valence-corrected chi connectivity index (χ1v) is 11.3. The van der Waals surface area contributed by atoms with Crippen molar-refractivity contribution in [3.8, 4) is 11.5 Å². The molecule has 0 spiro atoms. The Labute approximate surface area is 176 Å². The third-order valence-electron chi connectivity index (χ3n) is 5.22. The molecule has 2 aromatic rings. The molecule has 0 aliphatic carbocycles. The lowest BCUT2D eigenvalue weighted by Gasteiger charge is -2.15. The third-order valence-corrected chi connectivity index (χ3v) is 5.22. The van der Waals surface area contributed by atoms with Gasteiger partial charge in [0.25, 0.3) is 0 Å². The average Bonchev–Trinajstić information content (AvgIpc) is 2.73. The second kappa shape index (κ2) is 13.0. The number of hydrogen-bond donors (Lipinski definition) is 0.